The van der Waals surface area contributed by atoms with Crippen molar-refractivity contribution in [1.29, 1.82) is 0 Å². The SMILES string of the molecule is C[C@@]1(O)[C@H](O)[C@@H](CO)O[C@H]1n1cnc2c(N)nnnc21. The van der Waals surface area contributed by atoms with Crippen molar-refractivity contribution < 1.29 is 20.1 Å². The Labute approximate surface area is 112 Å². The molecule has 5 N–H and O–H groups in total. The Kier molecular flexibility index (Phi) is 2.83. The molecule has 0 radical (unpaired) electrons. The molecule has 0 saturated carbocycles. The Hall–Kier alpha value is -1.88. The Morgan fingerprint density at radius 3 is 2.90 bits per heavy atom. The van der Waals surface area contributed by atoms with E-state index in [9.17, 15) is 10.2 Å². The first-order valence-corrected chi connectivity index (χ1v) is 5.95. The summed E-state index contributed by atoms with van der Waals surface area (Å²) in [4.78, 5) is 4.04. The highest BCUT2D eigenvalue weighted by molar-refractivity contribution is 5.80. The lowest BCUT2D eigenvalue weighted by Crippen LogP contribution is -2.44. The summed E-state index contributed by atoms with van der Waals surface area (Å²) in [6.45, 7) is 0.984. The standard InChI is InChI=1S/C10H14N6O4/c1-10(19)6(18)4(2-17)20-9(10)16-3-12-5-7(11)13-15-14-8(5)16/h3-4,6,9,17-19H,2H2,1H3,(H2,11,13,14)/t4-,6-,9-,10-/m1/s1. The van der Waals surface area contributed by atoms with Crippen LogP contribution in [-0.4, -0.2) is 64.7 Å². The summed E-state index contributed by atoms with van der Waals surface area (Å²) in [7, 11) is 0. The van der Waals surface area contributed by atoms with E-state index in [1.807, 2.05) is 0 Å². The van der Waals surface area contributed by atoms with Crippen LogP contribution in [0.4, 0.5) is 5.82 Å². The molecule has 1 fully saturated rings. The van der Waals surface area contributed by atoms with Crippen LogP contribution in [0.1, 0.15) is 13.2 Å². The Balaban J connectivity index is 2.10. The van der Waals surface area contributed by atoms with Gasteiger partial charge < -0.3 is 25.8 Å². The van der Waals surface area contributed by atoms with Gasteiger partial charge in [-0.2, -0.15) is 0 Å². The average Bonchev–Trinajstić information content (AvgIpc) is 2.92. The van der Waals surface area contributed by atoms with Gasteiger partial charge in [-0.1, -0.05) is 0 Å². The van der Waals surface area contributed by atoms with Crippen molar-refractivity contribution in [3.05, 3.63) is 6.33 Å². The molecule has 2 aromatic rings. The van der Waals surface area contributed by atoms with E-state index in [1.54, 1.807) is 0 Å². The predicted molar refractivity (Wildman–Crippen MR) is 65.2 cm³/mol. The van der Waals surface area contributed by atoms with Crippen molar-refractivity contribution in [3.63, 3.8) is 0 Å². The quantitative estimate of drug-likeness (QED) is 0.480. The van der Waals surface area contributed by atoms with E-state index < -0.39 is 30.6 Å². The first-order valence-electron chi connectivity index (χ1n) is 5.95. The number of ether oxygens (including phenoxy) is 1. The second-order valence-corrected chi connectivity index (χ2v) is 4.88. The van der Waals surface area contributed by atoms with Crippen LogP contribution < -0.4 is 5.73 Å². The number of aromatic nitrogens is 5. The first-order chi connectivity index (χ1) is 9.46. The Morgan fingerprint density at radius 2 is 2.25 bits per heavy atom. The van der Waals surface area contributed by atoms with Crippen molar-refractivity contribution in [1.82, 2.24) is 25.0 Å². The number of hydrogen-bond donors (Lipinski definition) is 4. The molecule has 10 heteroatoms. The summed E-state index contributed by atoms with van der Waals surface area (Å²) >= 11 is 0. The number of fused-ring (bicyclic) bond motifs is 1. The lowest BCUT2D eigenvalue weighted by atomic mass is 9.96. The van der Waals surface area contributed by atoms with Crippen molar-refractivity contribution in [2.75, 3.05) is 12.3 Å². The van der Waals surface area contributed by atoms with E-state index >= 15 is 0 Å². The summed E-state index contributed by atoms with van der Waals surface area (Å²) in [5, 5.41) is 40.4. The van der Waals surface area contributed by atoms with Gasteiger partial charge in [0.05, 0.1) is 12.9 Å². The van der Waals surface area contributed by atoms with Gasteiger partial charge in [-0.25, -0.2) is 4.98 Å². The predicted octanol–water partition coefficient (Wildman–Crippen LogP) is -2.19. The summed E-state index contributed by atoms with van der Waals surface area (Å²) in [6, 6.07) is 0. The van der Waals surface area contributed by atoms with E-state index in [1.165, 1.54) is 17.8 Å². The molecule has 2 aromatic heterocycles. The number of aliphatic hydroxyl groups excluding tert-OH is 2. The Bertz CT molecular complexity index is 644. The number of aliphatic hydroxyl groups is 3. The number of hydrogen-bond acceptors (Lipinski definition) is 9. The van der Waals surface area contributed by atoms with Gasteiger partial charge >= 0.3 is 0 Å². The number of nitrogens with two attached hydrogens (primary N) is 1. The smallest absolute Gasteiger partial charge is 0.190 e. The fourth-order valence-electron chi connectivity index (χ4n) is 2.36. The molecule has 0 unspecified atom stereocenters. The van der Waals surface area contributed by atoms with Crippen LogP contribution in [0.2, 0.25) is 0 Å². The average molecular weight is 282 g/mol. The van der Waals surface area contributed by atoms with Crippen molar-refractivity contribution in [2.45, 2.75) is 31.0 Å². The van der Waals surface area contributed by atoms with Crippen LogP contribution in [0.25, 0.3) is 11.2 Å². The maximum atomic E-state index is 10.4. The van der Waals surface area contributed by atoms with Gasteiger partial charge in [-0.15, -0.1) is 10.2 Å². The number of nitrogens with zero attached hydrogens (tertiary/aromatic N) is 5. The highest BCUT2D eigenvalue weighted by atomic mass is 16.6. The number of nitrogen functional groups attached to an aromatic ring is 1. The minimum atomic E-state index is -1.62. The fourth-order valence-corrected chi connectivity index (χ4v) is 2.36. The molecule has 3 rings (SSSR count). The van der Waals surface area contributed by atoms with Crippen LogP contribution >= 0.6 is 0 Å². The number of imidazole rings is 1. The molecule has 4 atom stereocenters. The van der Waals surface area contributed by atoms with Crippen LogP contribution in [0.15, 0.2) is 6.33 Å². The molecule has 1 saturated heterocycles. The van der Waals surface area contributed by atoms with E-state index in [-0.39, 0.29) is 11.5 Å². The third-order valence-electron chi connectivity index (χ3n) is 3.49. The van der Waals surface area contributed by atoms with Gasteiger partial charge in [0.2, 0.25) is 0 Å². The molecule has 1 aliphatic rings. The Morgan fingerprint density at radius 1 is 1.50 bits per heavy atom. The lowest BCUT2D eigenvalue weighted by molar-refractivity contribution is -0.0951. The molecule has 20 heavy (non-hydrogen) atoms. The van der Waals surface area contributed by atoms with Crippen LogP contribution in [0.5, 0.6) is 0 Å². The highest BCUT2D eigenvalue weighted by Crippen LogP contribution is 2.39. The zero-order valence-corrected chi connectivity index (χ0v) is 10.6. The molecular weight excluding hydrogens is 268 g/mol. The topological polar surface area (TPSA) is 152 Å². The van der Waals surface area contributed by atoms with Crippen molar-refractivity contribution in [2.24, 2.45) is 0 Å². The van der Waals surface area contributed by atoms with Crippen molar-refractivity contribution in [3.8, 4) is 0 Å². The van der Waals surface area contributed by atoms with Crippen LogP contribution in [-0.2, 0) is 4.74 Å². The summed E-state index contributed by atoms with van der Waals surface area (Å²) in [6.07, 6.45) is -1.76. The molecule has 108 valence electrons. The normalized spacial score (nSPS) is 33.9. The van der Waals surface area contributed by atoms with E-state index in [2.05, 4.69) is 20.4 Å². The molecular formula is C10H14N6O4. The van der Waals surface area contributed by atoms with Gasteiger partial charge in [0.15, 0.2) is 23.2 Å². The van der Waals surface area contributed by atoms with Gasteiger partial charge in [-0.05, 0) is 12.1 Å². The molecule has 0 aromatic carbocycles. The van der Waals surface area contributed by atoms with Gasteiger partial charge in [0, 0.05) is 0 Å². The summed E-state index contributed by atoms with van der Waals surface area (Å²) in [5.74, 6) is 0.102. The minimum Gasteiger partial charge on any atom is -0.394 e. The number of anilines is 1. The molecule has 0 amide bonds. The fraction of sp³-hybridized carbons (Fsp3) is 0.600. The van der Waals surface area contributed by atoms with E-state index in [4.69, 9.17) is 15.6 Å². The molecule has 0 spiro atoms. The van der Waals surface area contributed by atoms with Gasteiger partial charge in [-0.3, -0.25) is 4.57 Å². The maximum Gasteiger partial charge on any atom is 0.190 e. The lowest BCUT2D eigenvalue weighted by Gasteiger charge is -2.27. The zero-order valence-electron chi connectivity index (χ0n) is 10.6. The summed E-state index contributed by atoms with van der Waals surface area (Å²) in [5.41, 5.74) is 4.60. The second kappa shape index (κ2) is 4.31. The van der Waals surface area contributed by atoms with Gasteiger partial charge in [0.25, 0.3) is 0 Å². The molecule has 3 heterocycles. The van der Waals surface area contributed by atoms with E-state index in [0.29, 0.717) is 5.52 Å². The second-order valence-electron chi connectivity index (χ2n) is 4.88. The maximum absolute atomic E-state index is 10.4. The number of rotatable bonds is 2. The first kappa shape index (κ1) is 13.1. The largest absolute Gasteiger partial charge is 0.394 e. The molecule has 0 bridgehead atoms. The highest BCUT2D eigenvalue weighted by Gasteiger charge is 2.53. The molecule has 0 aliphatic carbocycles. The third-order valence-corrected chi connectivity index (χ3v) is 3.49. The molecule has 10 nitrogen and oxygen atoms in total. The minimum absolute atomic E-state index is 0.102. The van der Waals surface area contributed by atoms with E-state index in [0.717, 1.165) is 0 Å². The van der Waals surface area contributed by atoms with Crippen LogP contribution in [0, 0.1) is 0 Å². The monoisotopic (exact) mass is 282 g/mol. The third kappa shape index (κ3) is 1.66. The van der Waals surface area contributed by atoms with Crippen molar-refractivity contribution >= 4 is 17.0 Å². The van der Waals surface area contributed by atoms with Gasteiger partial charge in [0.1, 0.15) is 17.8 Å². The zero-order chi connectivity index (χ0) is 14.5. The molecule has 1 aliphatic heterocycles. The summed E-state index contributed by atoms with van der Waals surface area (Å²) < 4.78 is 6.88. The van der Waals surface area contributed by atoms with Crippen LogP contribution in [0.3, 0.4) is 0 Å².